The van der Waals surface area contributed by atoms with E-state index in [1.807, 2.05) is 0 Å². The zero-order valence-corrected chi connectivity index (χ0v) is 13.0. The Morgan fingerprint density at radius 2 is 1.53 bits per heavy atom. The average Bonchev–Trinajstić information content (AvgIpc) is 2.46. The Bertz CT molecular complexity index is 196. The predicted molar refractivity (Wildman–Crippen MR) is 83.4 cm³/mol. The van der Waals surface area contributed by atoms with Crippen molar-refractivity contribution in [1.82, 2.24) is 5.32 Å². The molecule has 0 aromatic carbocycles. The molecule has 0 radical (unpaired) electrons. The molecule has 1 fully saturated rings. The van der Waals surface area contributed by atoms with Crippen LogP contribution in [0.2, 0.25) is 0 Å². The molecule has 0 aromatic rings. The van der Waals surface area contributed by atoms with Gasteiger partial charge in [-0.2, -0.15) is 0 Å². The highest BCUT2D eigenvalue weighted by Gasteiger charge is 2.23. The van der Waals surface area contributed by atoms with E-state index in [0.717, 1.165) is 12.5 Å². The van der Waals surface area contributed by atoms with Gasteiger partial charge in [0.15, 0.2) is 0 Å². The van der Waals surface area contributed by atoms with Gasteiger partial charge in [-0.25, -0.2) is 0 Å². The molecule has 0 aromatic heterocycles. The van der Waals surface area contributed by atoms with Crippen molar-refractivity contribution in [1.29, 1.82) is 0 Å². The Hall–Kier alpha value is -0.0800. The number of aliphatic hydroxyl groups is 1. The number of nitrogens with one attached hydrogen (secondary N) is 1. The van der Waals surface area contributed by atoms with Crippen LogP contribution in [0.15, 0.2) is 0 Å². The fraction of sp³-hybridized carbons (Fsp3) is 1.00. The highest BCUT2D eigenvalue weighted by Crippen LogP contribution is 2.28. The molecule has 2 nitrogen and oxygen atoms in total. The molecule has 0 heterocycles. The molecule has 2 heteroatoms. The van der Waals surface area contributed by atoms with Crippen molar-refractivity contribution in [3.8, 4) is 0 Å². The van der Waals surface area contributed by atoms with E-state index >= 15 is 0 Å². The van der Waals surface area contributed by atoms with Gasteiger partial charge in [0.2, 0.25) is 0 Å². The van der Waals surface area contributed by atoms with Gasteiger partial charge in [-0.15, -0.1) is 0 Å². The van der Waals surface area contributed by atoms with E-state index in [-0.39, 0.29) is 0 Å². The van der Waals surface area contributed by atoms with Gasteiger partial charge in [0.25, 0.3) is 0 Å². The van der Waals surface area contributed by atoms with Crippen molar-refractivity contribution < 1.29 is 5.11 Å². The summed E-state index contributed by atoms with van der Waals surface area (Å²) in [6, 6.07) is 0. The molecular weight excluding hydrogens is 234 g/mol. The van der Waals surface area contributed by atoms with Crippen LogP contribution >= 0.6 is 0 Å². The lowest BCUT2D eigenvalue weighted by atomic mass is 9.79. The van der Waals surface area contributed by atoms with Crippen LogP contribution < -0.4 is 5.32 Å². The lowest BCUT2D eigenvalue weighted by Crippen LogP contribution is -2.32. The van der Waals surface area contributed by atoms with Crippen molar-refractivity contribution in [3.63, 3.8) is 0 Å². The molecule has 1 saturated carbocycles. The summed E-state index contributed by atoms with van der Waals surface area (Å²) in [5.74, 6) is 1.29. The molecule has 0 spiro atoms. The number of unbranched alkanes of at least 4 members (excludes halogenated alkanes) is 6. The van der Waals surface area contributed by atoms with E-state index in [9.17, 15) is 5.11 Å². The molecule has 1 aliphatic carbocycles. The first-order valence-electron chi connectivity index (χ1n) is 8.70. The van der Waals surface area contributed by atoms with Gasteiger partial charge in [-0.1, -0.05) is 58.3 Å². The minimum absolute atomic E-state index is 0.393. The van der Waals surface area contributed by atoms with Crippen LogP contribution in [0.4, 0.5) is 0 Å². The third kappa shape index (κ3) is 7.94. The maximum absolute atomic E-state index is 9.38. The molecule has 1 rings (SSSR count). The van der Waals surface area contributed by atoms with Crippen molar-refractivity contribution in [3.05, 3.63) is 0 Å². The number of rotatable bonds is 11. The third-order valence-corrected chi connectivity index (χ3v) is 4.66. The summed E-state index contributed by atoms with van der Waals surface area (Å²) in [5.41, 5.74) is 0. The van der Waals surface area contributed by atoms with E-state index < -0.39 is 0 Å². The highest BCUT2D eigenvalue weighted by molar-refractivity contribution is 4.76. The van der Waals surface area contributed by atoms with Gasteiger partial charge >= 0.3 is 0 Å². The van der Waals surface area contributed by atoms with Gasteiger partial charge in [0.05, 0.1) is 0 Å². The van der Waals surface area contributed by atoms with Crippen LogP contribution in [0.25, 0.3) is 0 Å². The van der Waals surface area contributed by atoms with Gasteiger partial charge < -0.3 is 10.4 Å². The highest BCUT2D eigenvalue weighted by atomic mass is 16.3. The molecule has 2 N–H and O–H groups in total. The second-order valence-electron chi connectivity index (χ2n) is 6.31. The zero-order chi connectivity index (χ0) is 13.8. The maximum atomic E-state index is 9.38. The van der Waals surface area contributed by atoms with E-state index in [0.29, 0.717) is 12.5 Å². The molecule has 0 aliphatic heterocycles. The minimum Gasteiger partial charge on any atom is -0.396 e. The molecule has 19 heavy (non-hydrogen) atoms. The van der Waals surface area contributed by atoms with Crippen molar-refractivity contribution in [2.75, 3.05) is 19.7 Å². The number of hydrogen-bond donors (Lipinski definition) is 2. The lowest BCUT2D eigenvalue weighted by molar-refractivity contribution is 0.133. The average molecular weight is 269 g/mol. The first kappa shape index (κ1) is 17.0. The van der Waals surface area contributed by atoms with Gasteiger partial charge in [0, 0.05) is 6.61 Å². The predicted octanol–water partition coefficient (Wildman–Crippen LogP) is 4.13. The SMILES string of the molecule is CCCCCCCCCNCC1CCCCC1CO. The van der Waals surface area contributed by atoms with Gasteiger partial charge in [-0.05, 0) is 44.2 Å². The number of hydrogen-bond acceptors (Lipinski definition) is 2. The van der Waals surface area contributed by atoms with E-state index in [4.69, 9.17) is 0 Å². The summed E-state index contributed by atoms with van der Waals surface area (Å²) in [7, 11) is 0. The fourth-order valence-corrected chi connectivity index (χ4v) is 3.29. The Balaban J connectivity index is 1.89. The van der Waals surface area contributed by atoms with Crippen LogP contribution in [0.3, 0.4) is 0 Å². The molecule has 2 atom stereocenters. The molecule has 0 bridgehead atoms. The van der Waals surface area contributed by atoms with Gasteiger partial charge in [0.1, 0.15) is 0 Å². The molecule has 1 aliphatic rings. The monoisotopic (exact) mass is 269 g/mol. The Kier molecular flexibility index (Phi) is 10.5. The van der Waals surface area contributed by atoms with Gasteiger partial charge in [-0.3, -0.25) is 0 Å². The fourth-order valence-electron chi connectivity index (χ4n) is 3.29. The minimum atomic E-state index is 0.393. The largest absolute Gasteiger partial charge is 0.396 e. The second-order valence-corrected chi connectivity index (χ2v) is 6.31. The van der Waals surface area contributed by atoms with E-state index in [2.05, 4.69) is 12.2 Å². The molecule has 0 amide bonds. The normalized spacial score (nSPS) is 23.7. The topological polar surface area (TPSA) is 32.3 Å². The standard InChI is InChI=1S/C17H35NO/c1-2-3-4-5-6-7-10-13-18-14-16-11-8-9-12-17(16)15-19/h16-19H,2-15H2,1H3. The van der Waals surface area contributed by atoms with E-state index in [1.54, 1.807) is 0 Å². The maximum Gasteiger partial charge on any atom is 0.0462 e. The first-order valence-corrected chi connectivity index (χ1v) is 8.70. The Morgan fingerprint density at radius 3 is 2.21 bits per heavy atom. The van der Waals surface area contributed by atoms with Crippen molar-refractivity contribution >= 4 is 0 Å². The van der Waals surface area contributed by atoms with Crippen molar-refractivity contribution in [2.45, 2.75) is 77.6 Å². The zero-order valence-electron chi connectivity index (χ0n) is 13.0. The van der Waals surface area contributed by atoms with Crippen molar-refractivity contribution in [2.24, 2.45) is 11.8 Å². The summed E-state index contributed by atoms with van der Waals surface area (Å²) in [6.07, 6.45) is 14.9. The second kappa shape index (κ2) is 11.7. The lowest BCUT2D eigenvalue weighted by Gasteiger charge is -2.30. The Morgan fingerprint density at radius 1 is 0.895 bits per heavy atom. The summed E-state index contributed by atoms with van der Waals surface area (Å²) in [6.45, 7) is 4.96. The van der Waals surface area contributed by atoms with Crippen LogP contribution in [0, 0.1) is 11.8 Å². The van der Waals surface area contributed by atoms with Crippen LogP contribution in [0.5, 0.6) is 0 Å². The number of aliphatic hydroxyl groups excluding tert-OH is 1. The van der Waals surface area contributed by atoms with E-state index in [1.165, 1.54) is 77.2 Å². The molecule has 2 unspecified atom stereocenters. The van der Waals surface area contributed by atoms with Crippen LogP contribution in [-0.2, 0) is 0 Å². The summed E-state index contributed by atoms with van der Waals surface area (Å²) < 4.78 is 0. The van der Waals surface area contributed by atoms with Crippen LogP contribution in [-0.4, -0.2) is 24.8 Å². The smallest absolute Gasteiger partial charge is 0.0462 e. The quantitative estimate of drug-likeness (QED) is 0.553. The third-order valence-electron chi connectivity index (χ3n) is 4.66. The Labute approximate surface area is 120 Å². The summed E-state index contributed by atoms with van der Waals surface area (Å²) >= 11 is 0. The van der Waals surface area contributed by atoms with Crippen LogP contribution in [0.1, 0.15) is 77.6 Å². The molecule has 114 valence electrons. The molecular formula is C17H35NO. The summed E-state index contributed by atoms with van der Waals surface area (Å²) in [5, 5.41) is 13.0. The first-order chi connectivity index (χ1) is 9.38. The molecule has 0 saturated heterocycles. The summed E-state index contributed by atoms with van der Waals surface area (Å²) in [4.78, 5) is 0.